The maximum atomic E-state index is 12.6. The van der Waals surface area contributed by atoms with Crippen LogP contribution in [0.25, 0.3) is 0 Å². The van der Waals surface area contributed by atoms with Crippen molar-refractivity contribution >= 4 is 26.0 Å². The lowest BCUT2D eigenvalue weighted by Crippen LogP contribution is -2.26. The smallest absolute Gasteiger partial charge is 0.244 e. The third kappa shape index (κ3) is 3.55. The molecule has 2 rings (SSSR count). The molecule has 2 N–H and O–H groups in total. The molecular weight excluding hydrogens is 354 g/mol. The molecule has 1 aromatic heterocycles. The van der Waals surface area contributed by atoms with Crippen LogP contribution in [0.4, 0.5) is 0 Å². The topological polar surface area (TPSA) is 68.3 Å². The van der Waals surface area contributed by atoms with Crippen molar-refractivity contribution < 1.29 is 8.42 Å². The number of benzene rings is 1. The molecule has 0 spiro atoms. The van der Waals surface area contributed by atoms with E-state index < -0.39 is 10.0 Å². The maximum absolute atomic E-state index is 12.6. The lowest BCUT2D eigenvalue weighted by Gasteiger charge is -2.16. The van der Waals surface area contributed by atoms with Gasteiger partial charge in [-0.15, -0.1) is 0 Å². The Morgan fingerprint density at radius 3 is 2.62 bits per heavy atom. The Bertz CT molecular complexity index is 740. The predicted molar refractivity (Wildman–Crippen MR) is 86.1 cm³/mol. The quantitative estimate of drug-likeness (QED) is 0.874. The number of nitrogens with zero attached hydrogens (tertiary/aromatic N) is 2. The summed E-state index contributed by atoms with van der Waals surface area (Å²) in [6.07, 6.45) is 1.59. The van der Waals surface area contributed by atoms with Crippen LogP contribution in [0.1, 0.15) is 11.3 Å². The molecule has 21 heavy (non-hydrogen) atoms. The molecule has 0 aliphatic carbocycles. The maximum Gasteiger partial charge on any atom is 0.244 e. The van der Waals surface area contributed by atoms with Gasteiger partial charge in [-0.25, -0.2) is 8.42 Å². The van der Waals surface area contributed by atoms with Crippen molar-refractivity contribution in [1.82, 2.24) is 8.87 Å². The molecule has 0 aliphatic rings. The number of hydrogen-bond acceptors (Lipinski definition) is 3. The number of nitrogens with two attached hydrogens (primary N) is 1. The molecular formula is C14H18BrN3O2S. The number of aromatic nitrogens is 1. The standard InChI is InChI=1S/C14H18BrN3O2S/c1-17-10-14(7-13(17)8-16)21(19,20)18(2)9-11-4-3-5-12(15)6-11/h3-7,10H,8-9,16H2,1-2H3. The zero-order chi connectivity index (χ0) is 15.6. The van der Waals surface area contributed by atoms with Crippen LogP contribution in [0.2, 0.25) is 0 Å². The van der Waals surface area contributed by atoms with E-state index in [9.17, 15) is 8.42 Å². The summed E-state index contributed by atoms with van der Waals surface area (Å²) in [7, 11) is -0.158. The van der Waals surface area contributed by atoms with E-state index in [0.29, 0.717) is 13.1 Å². The second-order valence-corrected chi connectivity index (χ2v) is 7.83. The molecule has 114 valence electrons. The molecule has 0 saturated heterocycles. The van der Waals surface area contributed by atoms with Crippen LogP contribution < -0.4 is 5.73 Å². The SMILES string of the molecule is CN(Cc1cccc(Br)c1)S(=O)(=O)c1cc(CN)n(C)c1. The van der Waals surface area contributed by atoms with Crippen LogP contribution in [0.15, 0.2) is 45.9 Å². The van der Waals surface area contributed by atoms with Gasteiger partial charge < -0.3 is 10.3 Å². The molecule has 2 aromatic rings. The molecule has 7 heteroatoms. The van der Waals surface area contributed by atoms with E-state index in [1.807, 2.05) is 24.3 Å². The number of halogens is 1. The van der Waals surface area contributed by atoms with Crippen molar-refractivity contribution in [1.29, 1.82) is 0 Å². The summed E-state index contributed by atoms with van der Waals surface area (Å²) >= 11 is 3.38. The van der Waals surface area contributed by atoms with Crippen LogP contribution >= 0.6 is 15.9 Å². The van der Waals surface area contributed by atoms with Gasteiger partial charge >= 0.3 is 0 Å². The molecule has 1 heterocycles. The lowest BCUT2D eigenvalue weighted by atomic mass is 10.2. The largest absolute Gasteiger partial charge is 0.352 e. The highest BCUT2D eigenvalue weighted by Gasteiger charge is 2.23. The van der Waals surface area contributed by atoms with Gasteiger partial charge in [0.2, 0.25) is 10.0 Å². The van der Waals surface area contributed by atoms with Gasteiger partial charge in [-0.3, -0.25) is 0 Å². The normalized spacial score (nSPS) is 12.0. The fraction of sp³-hybridized carbons (Fsp3) is 0.286. The summed E-state index contributed by atoms with van der Waals surface area (Å²) in [5.74, 6) is 0. The first-order valence-electron chi connectivity index (χ1n) is 6.40. The first kappa shape index (κ1) is 16.2. The fourth-order valence-corrected chi connectivity index (χ4v) is 3.78. The highest BCUT2D eigenvalue weighted by molar-refractivity contribution is 9.10. The van der Waals surface area contributed by atoms with Gasteiger partial charge in [0.05, 0.1) is 0 Å². The minimum absolute atomic E-state index is 0.267. The van der Waals surface area contributed by atoms with Crippen molar-refractivity contribution in [3.63, 3.8) is 0 Å². The van der Waals surface area contributed by atoms with Gasteiger partial charge in [-0.05, 0) is 23.8 Å². The molecule has 0 bridgehead atoms. The first-order chi connectivity index (χ1) is 9.84. The number of hydrogen-bond donors (Lipinski definition) is 1. The van der Waals surface area contributed by atoms with Crippen LogP contribution in [-0.4, -0.2) is 24.3 Å². The Labute approximate surface area is 133 Å². The van der Waals surface area contributed by atoms with Gasteiger partial charge in [-0.2, -0.15) is 4.31 Å². The molecule has 0 aliphatic heterocycles. The molecule has 0 fully saturated rings. The Morgan fingerprint density at radius 2 is 2.05 bits per heavy atom. The van der Waals surface area contributed by atoms with E-state index in [2.05, 4.69) is 15.9 Å². The molecule has 1 aromatic carbocycles. The molecule has 0 atom stereocenters. The molecule has 0 unspecified atom stereocenters. The van der Waals surface area contributed by atoms with E-state index in [-0.39, 0.29) is 4.90 Å². The molecule has 5 nitrogen and oxygen atoms in total. The van der Waals surface area contributed by atoms with Gasteiger partial charge in [-0.1, -0.05) is 28.1 Å². The minimum atomic E-state index is -3.52. The third-order valence-corrected chi connectivity index (χ3v) is 5.56. The van der Waals surface area contributed by atoms with Gasteiger partial charge in [0, 0.05) is 43.5 Å². The molecule has 0 radical (unpaired) electrons. The lowest BCUT2D eigenvalue weighted by molar-refractivity contribution is 0.466. The summed E-state index contributed by atoms with van der Waals surface area (Å²) in [6, 6.07) is 9.21. The van der Waals surface area contributed by atoms with Gasteiger partial charge in [0.15, 0.2) is 0 Å². The monoisotopic (exact) mass is 371 g/mol. The van der Waals surface area contributed by atoms with Crippen molar-refractivity contribution in [2.45, 2.75) is 18.0 Å². The summed E-state index contributed by atoms with van der Waals surface area (Å²) in [4.78, 5) is 0.267. The second kappa shape index (κ2) is 6.31. The highest BCUT2D eigenvalue weighted by atomic mass is 79.9. The summed E-state index contributed by atoms with van der Waals surface area (Å²) in [5, 5.41) is 0. The Kier molecular flexibility index (Phi) is 4.88. The van der Waals surface area contributed by atoms with Crippen molar-refractivity contribution in [2.24, 2.45) is 12.8 Å². The van der Waals surface area contributed by atoms with Crippen LogP contribution in [0.3, 0.4) is 0 Å². The average Bonchev–Trinajstić information content (AvgIpc) is 2.80. The van der Waals surface area contributed by atoms with E-state index in [1.165, 1.54) is 4.31 Å². The third-order valence-electron chi connectivity index (χ3n) is 3.29. The average molecular weight is 372 g/mol. The summed E-state index contributed by atoms with van der Waals surface area (Å²) in [6.45, 7) is 0.621. The first-order valence-corrected chi connectivity index (χ1v) is 8.64. The Balaban J connectivity index is 2.26. The van der Waals surface area contributed by atoms with E-state index in [4.69, 9.17) is 5.73 Å². The minimum Gasteiger partial charge on any atom is -0.352 e. The van der Waals surface area contributed by atoms with E-state index in [0.717, 1.165) is 15.7 Å². The van der Waals surface area contributed by atoms with Crippen LogP contribution in [-0.2, 0) is 30.2 Å². The number of aryl methyl sites for hydroxylation is 1. The predicted octanol–water partition coefficient (Wildman–Crippen LogP) is 2.07. The highest BCUT2D eigenvalue weighted by Crippen LogP contribution is 2.20. The van der Waals surface area contributed by atoms with Crippen molar-refractivity contribution in [3.05, 3.63) is 52.3 Å². The van der Waals surface area contributed by atoms with Crippen LogP contribution in [0.5, 0.6) is 0 Å². The van der Waals surface area contributed by atoms with E-state index in [1.54, 1.807) is 30.9 Å². The molecule has 0 amide bonds. The molecule has 0 saturated carbocycles. The second-order valence-electron chi connectivity index (χ2n) is 4.87. The zero-order valence-electron chi connectivity index (χ0n) is 12.0. The number of sulfonamides is 1. The van der Waals surface area contributed by atoms with E-state index >= 15 is 0 Å². The Morgan fingerprint density at radius 1 is 1.33 bits per heavy atom. The fourth-order valence-electron chi connectivity index (χ4n) is 2.08. The van der Waals surface area contributed by atoms with Crippen molar-refractivity contribution in [2.75, 3.05) is 7.05 Å². The van der Waals surface area contributed by atoms with Crippen molar-refractivity contribution in [3.8, 4) is 0 Å². The summed E-state index contributed by atoms with van der Waals surface area (Å²) in [5.41, 5.74) is 7.29. The summed E-state index contributed by atoms with van der Waals surface area (Å²) < 4.78 is 29.1. The Hall–Kier alpha value is -1.15. The van der Waals surface area contributed by atoms with Crippen LogP contribution in [0, 0.1) is 0 Å². The van der Waals surface area contributed by atoms with Gasteiger partial charge in [0.1, 0.15) is 4.90 Å². The zero-order valence-corrected chi connectivity index (χ0v) is 14.4. The number of rotatable bonds is 5. The van der Waals surface area contributed by atoms with Gasteiger partial charge in [0.25, 0.3) is 0 Å².